The van der Waals surface area contributed by atoms with E-state index in [9.17, 15) is 0 Å². The molecule has 16 aromatic rings. The topological polar surface area (TPSA) is 108 Å². The van der Waals surface area contributed by atoms with Crippen LogP contribution in [0.1, 0.15) is 1.43 Å². The predicted molar refractivity (Wildman–Crippen MR) is 331 cm³/mol. The summed E-state index contributed by atoms with van der Waals surface area (Å²) in [4.78, 5) is 34.1. The van der Waals surface area contributed by atoms with E-state index in [1.54, 1.807) is 47.5 Å². The Hall–Kier alpha value is -9.66. The zero-order valence-electron chi connectivity index (χ0n) is 42.0. The third kappa shape index (κ3) is 8.85. The molecular weight excluding hydrogens is 1080 g/mol. The van der Waals surface area contributed by atoms with Gasteiger partial charge in [-0.05, 0) is 143 Å². The van der Waals surface area contributed by atoms with Crippen LogP contribution in [0.15, 0.2) is 259 Å². The fourth-order valence-corrected chi connectivity index (χ4v) is 12.2. The van der Waals surface area contributed by atoms with E-state index in [0.717, 1.165) is 99.5 Å². The molecule has 79 heavy (non-hydrogen) atoms. The van der Waals surface area contributed by atoms with E-state index < -0.39 is 0 Å². The van der Waals surface area contributed by atoms with Crippen molar-refractivity contribution < 1.29 is 1.43 Å². The van der Waals surface area contributed by atoms with Crippen LogP contribution >= 0.6 is 38.6 Å². The van der Waals surface area contributed by atoms with Crippen LogP contribution < -0.4 is 0 Å². The molecule has 10 nitrogen and oxygen atoms in total. The van der Waals surface area contributed by atoms with Crippen LogP contribution in [0.4, 0.5) is 0 Å². The molecule has 0 saturated heterocycles. The third-order valence-corrected chi connectivity index (χ3v) is 16.3. The molecule has 0 atom stereocenters. The maximum Gasteiger partial charge on any atom is 0.147 e. The molecule has 0 saturated carbocycles. The van der Waals surface area contributed by atoms with Gasteiger partial charge >= 0.3 is 0 Å². The van der Waals surface area contributed by atoms with E-state index in [-0.39, 0.29) is 1.43 Å². The molecule has 0 unspecified atom stereocenters. The van der Waals surface area contributed by atoms with Gasteiger partial charge in [-0.15, -0.1) is 22.7 Å². The van der Waals surface area contributed by atoms with Crippen molar-refractivity contribution in [2.45, 2.75) is 0 Å². The SMILES string of the molecule is Brc1ccc(-c2cccs2)cc1.[HH].c1ccc(-n2c(-c3ccncc3)nc3c4c(ccc32)[nH]c2ccccc24)nc1.c1ccc(-n2c(-c3ccncc3)nc3c4c5ccccc5n(-c5ccc(-c6cccs6)cc5)c4ccc32)nc1. The van der Waals surface area contributed by atoms with Crippen LogP contribution in [0.2, 0.25) is 0 Å². The predicted octanol–water partition coefficient (Wildman–Crippen LogP) is 17.8. The van der Waals surface area contributed by atoms with Gasteiger partial charge in [-0.3, -0.25) is 19.1 Å². The van der Waals surface area contributed by atoms with Gasteiger partial charge in [0.2, 0.25) is 0 Å². The lowest BCUT2D eigenvalue weighted by atomic mass is 10.1. The zero-order valence-corrected chi connectivity index (χ0v) is 45.2. The summed E-state index contributed by atoms with van der Waals surface area (Å²) in [6.07, 6.45) is 10.8. The molecule has 0 fully saturated rings. The number of aromatic amines is 1. The molecular formula is C66H45BrN10S2. The first-order valence-corrected chi connectivity index (χ1v) is 28.1. The molecule has 378 valence electrons. The lowest BCUT2D eigenvalue weighted by molar-refractivity contribution is 1.03. The third-order valence-electron chi connectivity index (χ3n) is 14.0. The van der Waals surface area contributed by atoms with Crippen molar-refractivity contribution in [1.29, 1.82) is 0 Å². The van der Waals surface area contributed by atoms with Crippen molar-refractivity contribution in [3.05, 3.63) is 259 Å². The minimum Gasteiger partial charge on any atom is -0.354 e. The minimum absolute atomic E-state index is 0. The molecule has 0 radical (unpaired) electrons. The molecule has 1 N–H and O–H groups in total. The van der Waals surface area contributed by atoms with Crippen molar-refractivity contribution in [2.75, 3.05) is 0 Å². The average Bonchev–Trinajstić information content (AvgIpc) is 4.57. The van der Waals surface area contributed by atoms with Gasteiger partial charge in [0.15, 0.2) is 0 Å². The molecule has 10 aromatic heterocycles. The second-order valence-electron chi connectivity index (χ2n) is 18.6. The van der Waals surface area contributed by atoms with Crippen LogP contribution in [0, 0.1) is 0 Å². The minimum atomic E-state index is 0. The van der Waals surface area contributed by atoms with Gasteiger partial charge in [0.1, 0.15) is 23.3 Å². The van der Waals surface area contributed by atoms with Crippen LogP contribution in [-0.2, 0) is 0 Å². The van der Waals surface area contributed by atoms with Gasteiger partial charge < -0.3 is 9.55 Å². The number of hydrogen-bond acceptors (Lipinski definition) is 8. The normalized spacial score (nSPS) is 11.4. The van der Waals surface area contributed by atoms with E-state index in [1.165, 1.54) is 31.7 Å². The van der Waals surface area contributed by atoms with Crippen molar-refractivity contribution in [3.63, 3.8) is 0 Å². The molecule has 0 amide bonds. The van der Waals surface area contributed by atoms with E-state index in [2.05, 4.69) is 205 Å². The standard InChI is InChI=1S/C33H21N5S.C23H15N5.C10H7BrS.H2/c1-2-7-26-25(6-1)31-27(37(26)24-12-10-22(11-13-24)29-8-5-21-39-29)14-15-28-32(31)36-33(23-16-19-34-20-17-23)38(28)30-9-3-4-18-35-30;1-2-6-17-16(5-1)21-18(26-17)8-9-19-22(21)27-23(15-10-13-24-14-11-15)28(19)20-7-3-4-12-25-20;11-9-5-3-8(4-6-9)10-2-1-7-12-10;/h1-21H;1-14,26H;1-7H;1H. The number of aromatic nitrogens is 10. The summed E-state index contributed by atoms with van der Waals surface area (Å²) in [5, 5.41) is 8.83. The van der Waals surface area contributed by atoms with Gasteiger partial charge in [-0.1, -0.05) is 101 Å². The highest BCUT2D eigenvalue weighted by atomic mass is 79.9. The Morgan fingerprint density at radius 3 is 1.47 bits per heavy atom. The first-order valence-electron chi connectivity index (χ1n) is 25.6. The monoisotopic (exact) mass is 1120 g/mol. The number of nitrogens with one attached hydrogen (secondary N) is 1. The van der Waals surface area contributed by atoms with Crippen molar-refractivity contribution >= 4 is 104 Å². The van der Waals surface area contributed by atoms with Gasteiger partial charge in [-0.25, -0.2) is 19.9 Å². The Kier molecular flexibility index (Phi) is 12.5. The lowest BCUT2D eigenvalue weighted by Crippen LogP contribution is -1.99. The van der Waals surface area contributed by atoms with E-state index in [0.29, 0.717) is 0 Å². The molecule has 0 aliphatic heterocycles. The molecule has 0 spiro atoms. The van der Waals surface area contributed by atoms with E-state index in [1.807, 2.05) is 79.1 Å². The molecule has 6 aromatic carbocycles. The van der Waals surface area contributed by atoms with E-state index in [4.69, 9.17) is 9.97 Å². The number of imidazole rings is 2. The number of benzene rings is 6. The second-order valence-corrected chi connectivity index (χ2v) is 21.4. The van der Waals surface area contributed by atoms with E-state index >= 15 is 0 Å². The Labute approximate surface area is 470 Å². The van der Waals surface area contributed by atoms with Gasteiger partial charge in [0.25, 0.3) is 0 Å². The van der Waals surface area contributed by atoms with Crippen LogP contribution in [-0.4, -0.2) is 48.6 Å². The molecule has 0 aliphatic carbocycles. The summed E-state index contributed by atoms with van der Waals surface area (Å²) >= 11 is 6.94. The number of nitrogens with zero attached hydrogens (tertiary/aromatic N) is 9. The number of thiophene rings is 2. The van der Waals surface area contributed by atoms with Gasteiger partial charge in [0, 0.05) is 102 Å². The van der Waals surface area contributed by atoms with Crippen molar-refractivity contribution in [2.24, 2.45) is 0 Å². The number of hydrogen-bond donors (Lipinski definition) is 1. The molecule has 0 aliphatic rings. The Balaban J connectivity index is 0.000000128. The number of pyridine rings is 4. The van der Waals surface area contributed by atoms with Crippen LogP contribution in [0.5, 0.6) is 0 Å². The molecule has 16 rings (SSSR count). The Bertz CT molecular complexity index is 4760. The summed E-state index contributed by atoms with van der Waals surface area (Å²) in [6, 6.07) is 71.0. The molecule has 10 heterocycles. The zero-order chi connectivity index (χ0) is 52.7. The van der Waals surface area contributed by atoms with Gasteiger partial charge in [-0.2, -0.15) is 0 Å². The second kappa shape index (κ2) is 20.7. The number of para-hydroxylation sites is 2. The smallest absolute Gasteiger partial charge is 0.147 e. The Morgan fingerprint density at radius 1 is 0.380 bits per heavy atom. The average molecular weight is 1120 g/mol. The molecule has 13 heteroatoms. The fourth-order valence-electron chi connectivity index (χ4n) is 10.4. The van der Waals surface area contributed by atoms with Crippen molar-refractivity contribution in [3.8, 4) is 61.0 Å². The summed E-state index contributed by atoms with van der Waals surface area (Å²) in [5.41, 5.74) is 14.1. The first kappa shape index (κ1) is 47.8. The summed E-state index contributed by atoms with van der Waals surface area (Å²) in [5.74, 6) is 3.37. The maximum absolute atomic E-state index is 5.28. The lowest BCUT2D eigenvalue weighted by Gasteiger charge is -2.09. The fraction of sp³-hybridized carbons (Fsp3) is 0. The quantitative estimate of drug-likeness (QED) is 0.170. The summed E-state index contributed by atoms with van der Waals surface area (Å²) in [7, 11) is 0. The van der Waals surface area contributed by atoms with Gasteiger partial charge in [0.05, 0.1) is 33.1 Å². The molecule has 0 bridgehead atoms. The summed E-state index contributed by atoms with van der Waals surface area (Å²) in [6.45, 7) is 0. The number of halogens is 1. The largest absolute Gasteiger partial charge is 0.354 e. The highest BCUT2D eigenvalue weighted by Gasteiger charge is 2.23. The Morgan fingerprint density at radius 2 is 0.899 bits per heavy atom. The number of fused-ring (bicyclic) bond motifs is 10. The number of H-pyrrole nitrogens is 1. The van der Waals surface area contributed by atoms with Crippen LogP contribution in [0.25, 0.3) is 127 Å². The highest BCUT2D eigenvalue weighted by Crippen LogP contribution is 2.40. The maximum atomic E-state index is 5.28. The van der Waals surface area contributed by atoms with Crippen molar-refractivity contribution in [1.82, 2.24) is 48.6 Å². The highest BCUT2D eigenvalue weighted by molar-refractivity contribution is 9.10. The first-order chi connectivity index (χ1) is 39.1. The summed E-state index contributed by atoms with van der Waals surface area (Å²) < 4.78 is 7.73. The number of rotatable bonds is 7. The van der Waals surface area contributed by atoms with Crippen LogP contribution in [0.3, 0.4) is 0 Å².